The van der Waals surface area contributed by atoms with Crippen LogP contribution in [0.3, 0.4) is 0 Å². The van der Waals surface area contributed by atoms with Crippen LogP contribution in [0, 0.1) is 5.41 Å². The Balaban J connectivity index is 1.97. The number of ether oxygens (including phenoxy) is 1. The minimum absolute atomic E-state index is 0.162. The van der Waals surface area contributed by atoms with Crippen LogP contribution in [-0.2, 0) is 9.59 Å². The number of benzene rings is 2. The van der Waals surface area contributed by atoms with Crippen LogP contribution in [0.4, 0.5) is 0 Å². The molecular weight excluding hydrogens is 364 g/mol. The normalized spacial score (nSPS) is 13.6. The second kappa shape index (κ2) is 9.92. The molecule has 0 aromatic heterocycles. The molecule has 2 amide bonds. The zero-order valence-electron chi connectivity index (χ0n) is 17.7. The van der Waals surface area contributed by atoms with E-state index >= 15 is 0 Å². The number of carbonyl (C=O) groups is 2. The minimum Gasteiger partial charge on any atom is -0.497 e. The minimum atomic E-state index is -0.656. The summed E-state index contributed by atoms with van der Waals surface area (Å²) in [6.45, 7) is 7.91. The third-order valence-corrected chi connectivity index (χ3v) is 4.58. The molecule has 0 saturated heterocycles. The second-order valence-electron chi connectivity index (χ2n) is 8.06. The van der Waals surface area contributed by atoms with Crippen molar-refractivity contribution in [3.05, 3.63) is 71.8 Å². The lowest BCUT2D eigenvalue weighted by Gasteiger charge is -2.33. The summed E-state index contributed by atoms with van der Waals surface area (Å²) in [5, 5.41) is 5.79. The largest absolute Gasteiger partial charge is 0.497 e. The first-order valence-corrected chi connectivity index (χ1v) is 9.68. The monoisotopic (exact) mass is 394 g/mol. The van der Waals surface area contributed by atoms with E-state index in [1.165, 1.54) is 6.08 Å². The molecule has 0 aliphatic carbocycles. The lowest BCUT2D eigenvalue weighted by atomic mass is 9.82. The number of hydrogen-bond acceptors (Lipinski definition) is 3. The van der Waals surface area contributed by atoms with Crippen molar-refractivity contribution in [2.24, 2.45) is 5.41 Å². The third kappa shape index (κ3) is 6.79. The van der Waals surface area contributed by atoms with Crippen LogP contribution in [0.25, 0.3) is 6.08 Å². The molecule has 0 bridgehead atoms. The Morgan fingerprint density at radius 3 is 2.14 bits per heavy atom. The van der Waals surface area contributed by atoms with Gasteiger partial charge in [0, 0.05) is 6.08 Å². The molecule has 5 nitrogen and oxygen atoms in total. The first kappa shape index (κ1) is 22.2. The molecule has 0 aliphatic heterocycles. The molecule has 0 saturated carbocycles. The predicted octanol–water partition coefficient (Wildman–Crippen LogP) is 4.12. The fourth-order valence-electron chi connectivity index (χ4n) is 2.93. The summed E-state index contributed by atoms with van der Waals surface area (Å²) in [5.41, 5.74) is 1.73. The van der Waals surface area contributed by atoms with Crippen molar-refractivity contribution in [1.29, 1.82) is 0 Å². The Labute approximate surface area is 173 Å². The van der Waals surface area contributed by atoms with Gasteiger partial charge in [-0.3, -0.25) is 9.59 Å². The van der Waals surface area contributed by atoms with Gasteiger partial charge in [-0.15, -0.1) is 0 Å². The molecule has 2 N–H and O–H groups in total. The molecule has 0 spiro atoms. The van der Waals surface area contributed by atoms with Crippen LogP contribution in [0.5, 0.6) is 5.75 Å². The van der Waals surface area contributed by atoms with Crippen LogP contribution >= 0.6 is 0 Å². The van der Waals surface area contributed by atoms with Gasteiger partial charge in [-0.25, -0.2) is 0 Å². The van der Waals surface area contributed by atoms with Crippen molar-refractivity contribution in [2.45, 2.75) is 39.8 Å². The van der Waals surface area contributed by atoms with Crippen LogP contribution in [0.1, 0.15) is 44.9 Å². The van der Waals surface area contributed by atoms with Crippen LogP contribution < -0.4 is 15.4 Å². The highest BCUT2D eigenvalue weighted by molar-refractivity contribution is 5.95. The molecule has 0 heterocycles. The number of rotatable bonds is 7. The molecule has 2 unspecified atom stereocenters. The van der Waals surface area contributed by atoms with Gasteiger partial charge in [0.2, 0.25) is 11.8 Å². The molecule has 0 radical (unpaired) electrons. The van der Waals surface area contributed by atoms with E-state index in [9.17, 15) is 9.59 Å². The summed E-state index contributed by atoms with van der Waals surface area (Å²) in [6.07, 6.45) is 3.12. The van der Waals surface area contributed by atoms with Crippen LogP contribution in [0.2, 0.25) is 0 Å². The van der Waals surface area contributed by atoms with Crippen molar-refractivity contribution >= 4 is 17.9 Å². The Bertz CT molecular complexity index is 837. The van der Waals surface area contributed by atoms with E-state index in [0.717, 1.165) is 16.9 Å². The van der Waals surface area contributed by atoms with Gasteiger partial charge in [-0.2, -0.15) is 0 Å². The van der Waals surface area contributed by atoms with Crippen molar-refractivity contribution in [3.63, 3.8) is 0 Å². The second-order valence-corrected chi connectivity index (χ2v) is 8.06. The highest BCUT2D eigenvalue weighted by Crippen LogP contribution is 2.32. The number of amides is 2. The summed E-state index contributed by atoms with van der Waals surface area (Å²) in [6, 6.07) is 16.4. The Morgan fingerprint density at radius 1 is 0.966 bits per heavy atom. The molecule has 2 aromatic carbocycles. The zero-order valence-corrected chi connectivity index (χ0v) is 17.7. The summed E-state index contributed by atoms with van der Waals surface area (Å²) < 4.78 is 5.11. The lowest BCUT2D eigenvalue weighted by Crippen LogP contribution is -2.47. The van der Waals surface area contributed by atoms with Crippen molar-refractivity contribution < 1.29 is 14.3 Å². The zero-order chi connectivity index (χ0) is 21.4. The molecule has 29 heavy (non-hydrogen) atoms. The average Bonchev–Trinajstić information content (AvgIpc) is 2.70. The van der Waals surface area contributed by atoms with E-state index in [0.29, 0.717) is 0 Å². The highest BCUT2D eigenvalue weighted by atomic mass is 16.5. The summed E-state index contributed by atoms with van der Waals surface area (Å²) in [7, 11) is 1.60. The van der Waals surface area contributed by atoms with E-state index < -0.39 is 6.04 Å². The Morgan fingerprint density at radius 2 is 1.59 bits per heavy atom. The molecule has 0 aliphatic rings. The van der Waals surface area contributed by atoms with Crippen LogP contribution in [0.15, 0.2) is 60.7 Å². The molecule has 2 aromatic rings. The fourth-order valence-corrected chi connectivity index (χ4v) is 2.93. The van der Waals surface area contributed by atoms with Crippen molar-refractivity contribution in [3.8, 4) is 5.75 Å². The number of nitrogens with one attached hydrogen (secondary N) is 2. The lowest BCUT2D eigenvalue weighted by molar-refractivity contribution is -0.127. The molecule has 2 atom stereocenters. The maximum absolute atomic E-state index is 12.7. The molecule has 154 valence electrons. The van der Waals surface area contributed by atoms with Gasteiger partial charge in [-0.05, 0) is 41.7 Å². The van der Waals surface area contributed by atoms with Gasteiger partial charge in [0.05, 0.1) is 13.2 Å². The smallest absolute Gasteiger partial charge is 0.244 e. The van der Waals surface area contributed by atoms with E-state index in [-0.39, 0.29) is 23.3 Å². The number of carbonyl (C=O) groups excluding carboxylic acids is 2. The van der Waals surface area contributed by atoms with E-state index in [1.807, 2.05) is 54.6 Å². The van der Waals surface area contributed by atoms with E-state index in [4.69, 9.17) is 4.74 Å². The third-order valence-electron chi connectivity index (χ3n) is 4.58. The first-order valence-electron chi connectivity index (χ1n) is 9.68. The topological polar surface area (TPSA) is 67.4 Å². The number of methoxy groups -OCH3 is 1. The van der Waals surface area contributed by atoms with Gasteiger partial charge in [0.25, 0.3) is 0 Å². The molecule has 5 heteroatoms. The quantitative estimate of drug-likeness (QED) is 0.694. The van der Waals surface area contributed by atoms with Crippen molar-refractivity contribution in [1.82, 2.24) is 10.6 Å². The molecule has 0 fully saturated rings. The summed E-state index contributed by atoms with van der Waals surface area (Å²) >= 11 is 0. The first-order chi connectivity index (χ1) is 13.7. The summed E-state index contributed by atoms with van der Waals surface area (Å²) in [5.74, 6) is 0.208. The van der Waals surface area contributed by atoms with E-state index in [2.05, 4.69) is 31.4 Å². The molecule has 2 rings (SSSR count). The Hall–Kier alpha value is -3.08. The fraction of sp³-hybridized carbons (Fsp3) is 0.333. The van der Waals surface area contributed by atoms with Gasteiger partial charge >= 0.3 is 0 Å². The Kier molecular flexibility index (Phi) is 7.59. The number of hydrogen-bond donors (Lipinski definition) is 2. The van der Waals surface area contributed by atoms with Gasteiger partial charge in [0.1, 0.15) is 11.8 Å². The van der Waals surface area contributed by atoms with E-state index in [1.54, 1.807) is 20.1 Å². The van der Waals surface area contributed by atoms with Gasteiger partial charge in [-0.1, -0.05) is 63.2 Å². The maximum Gasteiger partial charge on any atom is 0.244 e. The molecular formula is C24H30N2O3. The van der Waals surface area contributed by atoms with Crippen LogP contribution in [-0.4, -0.2) is 25.0 Å². The van der Waals surface area contributed by atoms with Crippen molar-refractivity contribution in [2.75, 3.05) is 7.11 Å². The summed E-state index contributed by atoms with van der Waals surface area (Å²) in [4.78, 5) is 24.9. The average molecular weight is 395 g/mol. The predicted molar refractivity (Wildman–Crippen MR) is 116 cm³/mol. The highest BCUT2D eigenvalue weighted by Gasteiger charge is 2.29. The van der Waals surface area contributed by atoms with Gasteiger partial charge < -0.3 is 15.4 Å². The van der Waals surface area contributed by atoms with Gasteiger partial charge in [0.15, 0.2) is 0 Å². The SMILES string of the molecule is COc1ccc(C=CC(=O)NC(C)C(=O)NC(c2ccccc2)C(C)(C)C)cc1. The standard InChI is InChI=1S/C24H30N2O3/c1-17(25-21(27)16-13-18-11-14-20(29-5)15-12-18)23(28)26-22(24(2,3)4)19-9-7-6-8-10-19/h6-17,22H,1-5H3,(H,25,27)(H,26,28). The maximum atomic E-state index is 12.7.